The summed E-state index contributed by atoms with van der Waals surface area (Å²) in [5.41, 5.74) is 0.998. The molecule has 0 saturated carbocycles. The average Bonchev–Trinajstić information content (AvgIpc) is 3.31. The van der Waals surface area contributed by atoms with Crippen LogP contribution in [0.25, 0.3) is 0 Å². The summed E-state index contributed by atoms with van der Waals surface area (Å²) in [5, 5.41) is 4.14. The Balaban J connectivity index is 1.69. The van der Waals surface area contributed by atoms with Gasteiger partial charge in [0.25, 0.3) is 0 Å². The van der Waals surface area contributed by atoms with E-state index in [4.69, 9.17) is 4.74 Å². The van der Waals surface area contributed by atoms with Crippen molar-refractivity contribution in [3.8, 4) is 5.75 Å². The third-order valence-corrected chi connectivity index (χ3v) is 4.53. The minimum absolute atomic E-state index is 0.00820. The Morgan fingerprint density at radius 2 is 2.12 bits per heavy atom. The number of aromatic nitrogens is 4. The number of methoxy groups -OCH3 is 1. The maximum absolute atomic E-state index is 13.0. The zero-order valence-corrected chi connectivity index (χ0v) is 13.9. The van der Waals surface area contributed by atoms with Crippen LogP contribution in [0, 0.1) is 0 Å². The first kappa shape index (κ1) is 15.4. The zero-order chi connectivity index (χ0) is 17.2. The number of imidazole rings is 1. The van der Waals surface area contributed by atoms with Crippen LogP contribution in [0.4, 0.5) is 0 Å². The van der Waals surface area contributed by atoms with Gasteiger partial charge < -0.3 is 14.2 Å². The summed E-state index contributed by atoms with van der Waals surface area (Å²) in [7, 11) is 1.65. The van der Waals surface area contributed by atoms with Gasteiger partial charge in [-0.15, -0.1) is 0 Å². The molecule has 1 aliphatic heterocycles. The third-order valence-electron chi connectivity index (χ3n) is 4.53. The van der Waals surface area contributed by atoms with Crippen molar-refractivity contribution in [2.75, 3.05) is 7.11 Å². The van der Waals surface area contributed by atoms with E-state index in [1.54, 1.807) is 30.4 Å². The van der Waals surface area contributed by atoms with Crippen LogP contribution in [0.1, 0.15) is 17.4 Å². The lowest BCUT2D eigenvalue weighted by molar-refractivity contribution is -0.136. The van der Waals surface area contributed by atoms with Gasteiger partial charge in [0, 0.05) is 36.9 Å². The van der Waals surface area contributed by atoms with Crippen molar-refractivity contribution in [2.24, 2.45) is 0 Å². The lowest BCUT2D eigenvalue weighted by Crippen LogP contribution is -2.42. The van der Waals surface area contributed by atoms with Crippen LogP contribution in [0.5, 0.6) is 5.75 Å². The minimum atomic E-state index is -0.110. The van der Waals surface area contributed by atoms with E-state index in [1.165, 1.54) is 0 Å². The lowest BCUT2D eigenvalue weighted by Gasteiger charge is -2.37. The maximum atomic E-state index is 13.0. The Kier molecular flexibility index (Phi) is 3.97. The molecule has 2 aromatic heterocycles. The highest BCUT2D eigenvalue weighted by molar-refractivity contribution is 5.76. The molecule has 7 heteroatoms. The molecule has 0 aliphatic carbocycles. The second-order valence-electron chi connectivity index (χ2n) is 5.98. The predicted molar refractivity (Wildman–Crippen MR) is 90.7 cm³/mol. The Bertz CT molecular complexity index is 871. The number of para-hydroxylation sites is 1. The molecule has 7 nitrogen and oxygen atoms in total. The van der Waals surface area contributed by atoms with Gasteiger partial charge in [-0.1, -0.05) is 18.2 Å². The quantitative estimate of drug-likeness (QED) is 0.729. The molecule has 1 atom stereocenters. The number of hydrogen-bond acceptors (Lipinski definition) is 4. The Morgan fingerprint density at radius 3 is 2.92 bits per heavy atom. The molecular weight excluding hydrogens is 318 g/mol. The van der Waals surface area contributed by atoms with Crippen LogP contribution >= 0.6 is 0 Å². The van der Waals surface area contributed by atoms with E-state index < -0.39 is 0 Å². The SMILES string of the molecule is COc1ccccc1[C@@H]1Cn2ccnc2CN1C(=O)Cn1cccn1. The summed E-state index contributed by atoms with van der Waals surface area (Å²) in [6.45, 7) is 1.33. The molecular formula is C18H19N5O2. The van der Waals surface area contributed by atoms with Crippen molar-refractivity contribution in [1.29, 1.82) is 0 Å². The fourth-order valence-corrected chi connectivity index (χ4v) is 3.30. The van der Waals surface area contributed by atoms with Gasteiger partial charge in [-0.2, -0.15) is 5.10 Å². The summed E-state index contributed by atoms with van der Waals surface area (Å²) in [6, 6.07) is 9.55. The van der Waals surface area contributed by atoms with Gasteiger partial charge in [-0.25, -0.2) is 4.98 Å². The largest absolute Gasteiger partial charge is 0.496 e. The molecule has 0 spiro atoms. The molecule has 0 unspecified atom stereocenters. The number of fused-ring (bicyclic) bond motifs is 1. The minimum Gasteiger partial charge on any atom is -0.496 e. The van der Waals surface area contributed by atoms with Crippen molar-refractivity contribution in [3.63, 3.8) is 0 Å². The molecule has 0 N–H and O–H groups in total. The van der Waals surface area contributed by atoms with Crippen LogP contribution in [-0.4, -0.2) is 37.2 Å². The third kappa shape index (κ3) is 2.88. The first-order valence-electron chi connectivity index (χ1n) is 8.16. The number of ether oxygens (including phenoxy) is 1. The molecule has 0 fully saturated rings. The molecule has 4 rings (SSSR count). The number of nitrogens with zero attached hydrogens (tertiary/aromatic N) is 5. The van der Waals surface area contributed by atoms with Gasteiger partial charge in [0.2, 0.25) is 5.91 Å². The summed E-state index contributed by atoms with van der Waals surface area (Å²) >= 11 is 0. The molecule has 0 radical (unpaired) electrons. The van der Waals surface area contributed by atoms with E-state index >= 15 is 0 Å². The van der Waals surface area contributed by atoms with E-state index in [1.807, 2.05) is 41.4 Å². The van der Waals surface area contributed by atoms with Crippen LogP contribution in [0.3, 0.4) is 0 Å². The highest BCUT2D eigenvalue weighted by Gasteiger charge is 2.33. The number of benzene rings is 1. The van der Waals surface area contributed by atoms with Gasteiger partial charge in [-0.3, -0.25) is 9.48 Å². The molecule has 1 aromatic carbocycles. The Hall–Kier alpha value is -3.09. The second kappa shape index (κ2) is 6.43. The summed E-state index contributed by atoms with van der Waals surface area (Å²) in [4.78, 5) is 19.2. The van der Waals surface area contributed by atoms with Crippen molar-refractivity contribution in [2.45, 2.75) is 25.7 Å². The zero-order valence-electron chi connectivity index (χ0n) is 13.9. The van der Waals surface area contributed by atoms with Crippen LogP contribution in [0.15, 0.2) is 55.1 Å². The van der Waals surface area contributed by atoms with Crippen molar-refractivity contribution in [3.05, 3.63) is 66.5 Å². The van der Waals surface area contributed by atoms with Crippen molar-refractivity contribution in [1.82, 2.24) is 24.2 Å². The molecule has 25 heavy (non-hydrogen) atoms. The fraction of sp³-hybridized carbons (Fsp3) is 0.278. The van der Waals surface area contributed by atoms with Gasteiger partial charge in [0.15, 0.2) is 0 Å². The molecule has 1 amide bonds. The van der Waals surface area contributed by atoms with E-state index in [0.29, 0.717) is 13.1 Å². The molecule has 3 heterocycles. The van der Waals surface area contributed by atoms with E-state index in [2.05, 4.69) is 14.6 Å². The Labute approximate surface area is 145 Å². The first-order chi connectivity index (χ1) is 12.3. The second-order valence-corrected chi connectivity index (χ2v) is 5.98. The molecule has 0 bridgehead atoms. The van der Waals surface area contributed by atoms with Gasteiger partial charge in [-0.05, 0) is 12.1 Å². The fourth-order valence-electron chi connectivity index (χ4n) is 3.30. The Morgan fingerprint density at radius 1 is 1.24 bits per heavy atom. The number of carbonyl (C=O) groups is 1. The van der Waals surface area contributed by atoms with Crippen LogP contribution < -0.4 is 4.74 Å². The van der Waals surface area contributed by atoms with Gasteiger partial charge in [0.05, 0.1) is 19.7 Å². The van der Waals surface area contributed by atoms with E-state index in [0.717, 1.165) is 17.1 Å². The lowest BCUT2D eigenvalue weighted by atomic mass is 10.0. The van der Waals surface area contributed by atoms with E-state index in [9.17, 15) is 4.79 Å². The maximum Gasteiger partial charge on any atom is 0.245 e. The molecule has 0 saturated heterocycles. The van der Waals surface area contributed by atoms with E-state index in [-0.39, 0.29) is 18.5 Å². The van der Waals surface area contributed by atoms with Crippen LogP contribution in [0.2, 0.25) is 0 Å². The molecule has 1 aliphatic rings. The smallest absolute Gasteiger partial charge is 0.245 e. The molecule has 3 aromatic rings. The average molecular weight is 337 g/mol. The predicted octanol–water partition coefficient (Wildman–Crippen LogP) is 1.87. The van der Waals surface area contributed by atoms with Crippen LogP contribution in [-0.2, 0) is 24.4 Å². The highest BCUT2D eigenvalue weighted by Crippen LogP contribution is 2.34. The number of hydrogen-bond donors (Lipinski definition) is 0. The number of carbonyl (C=O) groups excluding carboxylic acids is 1. The standard InChI is InChI=1S/C18H19N5O2/c1-25-16-6-3-2-5-14(16)15-11-21-10-8-19-17(21)12-23(15)18(24)13-22-9-4-7-20-22/h2-10,15H,11-13H2,1H3/t15-/m0/s1. The normalized spacial score (nSPS) is 16.5. The summed E-state index contributed by atoms with van der Waals surface area (Å²) < 4.78 is 9.26. The summed E-state index contributed by atoms with van der Waals surface area (Å²) in [5.74, 6) is 1.68. The molecule has 128 valence electrons. The topological polar surface area (TPSA) is 65.2 Å². The first-order valence-corrected chi connectivity index (χ1v) is 8.16. The van der Waals surface area contributed by atoms with Gasteiger partial charge in [0.1, 0.15) is 18.1 Å². The highest BCUT2D eigenvalue weighted by atomic mass is 16.5. The monoisotopic (exact) mass is 337 g/mol. The van der Waals surface area contributed by atoms with Gasteiger partial charge >= 0.3 is 0 Å². The summed E-state index contributed by atoms with van der Waals surface area (Å²) in [6.07, 6.45) is 7.19. The van der Waals surface area contributed by atoms with Crippen molar-refractivity contribution >= 4 is 5.91 Å². The number of amides is 1. The van der Waals surface area contributed by atoms with Crippen molar-refractivity contribution < 1.29 is 9.53 Å². The number of rotatable bonds is 4.